The maximum atomic E-state index is 12.8. The van der Waals surface area contributed by atoms with Gasteiger partial charge in [0.2, 0.25) is 10.0 Å². The van der Waals surface area contributed by atoms with E-state index in [1.807, 2.05) is 20.8 Å². The number of morpholine rings is 1. The summed E-state index contributed by atoms with van der Waals surface area (Å²) in [4.78, 5) is 0.299. The molecule has 2 rings (SSSR count). The summed E-state index contributed by atoms with van der Waals surface area (Å²) in [5.74, 6) is 0. The standard InChI is InChI=1S/C14H22N2O3S/c1-10-7-12(15)11(2)13(8-10)20(17,18)16-5-6-19-14(3,4)9-16/h7-8H,5-6,9,15H2,1-4H3. The summed E-state index contributed by atoms with van der Waals surface area (Å²) in [7, 11) is -3.54. The van der Waals surface area contributed by atoms with Gasteiger partial charge in [-0.15, -0.1) is 0 Å². The van der Waals surface area contributed by atoms with Gasteiger partial charge in [-0.3, -0.25) is 0 Å². The molecule has 1 fully saturated rings. The third-order valence-corrected chi connectivity index (χ3v) is 5.52. The van der Waals surface area contributed by atoms with Gasteiger partial charge in [0.15, 0.2) is 0 Å². The Labute approximate surface area is 120 Å². The van der Waals surface area contributed by atoms with E-state index in [-0.39, 0.29) is 0 Å². The van der Waals surface area contributed by atoms with Gasteiger partial charge < -0.3 is 10.5 Å². The smallest absolute Gasteiger partial charge is 0.243 e. The summed E-state index contributed by atoms with van der Waals surface area (Å²) in [6.07, 6.45) is 0. The zero-order chi connectivity index (χ0) is 15.1. The molecule has 0 bridgehead atoms. The first kappa shape index (κ1) is 15.3. The van der Waals surface area contributed by atoms with E-state index >= 15 is 0 Å². The molecule has 1 aliphatic rings. The van der Waals surface area contributed by atoms with E-state index in [1.54, 1.807) is 19.1 Å². The number of sulfonamides is 1. The monoisotopic (exact) mass is 298 g/mol. The minimum atomic E-state index is -3.54. The predicted molar refractivity (Wildman–Crippen MR) is 79.1 cm³/mol. The van der Waals surface area contributed by atoms with Crippen LogP contribution >= 0.6 is 0 Å². The molecule has 2 N–H and O–H groups in total. The number of nitrogens with zero attached hydrogens (tertiary/aromatic N) is 1. The Bertz CT molecular complexity index is 624. The summed E-state index contributed by atoms with van der Waals surface area (Å²) >= 11 is 0. The van der Waals surface area contributed by atoms with E-state index < -0.39 is 15.6 Å². The van der Waals surface area contributed by atoms with Crippen molar-refractivity contribution in [3.05, 3.63) is 23.3 Å². The number of ether oxygens (including phenoxy) is 1. The van der Waals surface area contributed by atoms with Crippen molar-refractivity contribution in [2.45, 2.75) is 38.2 Å². The van der Waals surface area contributed by atoms with Crippen LogP contribution in [-0.4, -0.2) is 38.0 Å². The average molecular weight is 298 g/mol. The Morgan fingerprint density at radius 3 is 2.55 bits per heavy atom. The van der Waals surface area contributed by atoms with Crippen LogP contribution in [0.3, 0.4) is 0 Å². The maximum Gasteiger partial charge on any atom is 0.243 e. The van der Waals surface area contributed by atoms with E-state index in [2.05, 4.69) is 0 Å². The number of rotatable bonds is 2. The molecule has 20 heavy (non-hydrogen) atoms. The van der Waals surface area contributed by atoms with Gasteiger partial charge in [-0.05, 0) is 51.0 Å². The zero-order valence-electron chi connectivity index (χ0n) is 12.4. The second-order valence-electron chi connectivity index (χ2n) is 5.92. The minimum absolute atomic E-state index is 0.299. The lowest BCUT2D eigenvalue weighted by Gasteiger charge is -2.37. The molecule has 1 aliphatic heterocycles. The Morgan fingerprint density at radius 1 is 1.30 bits per heavy atom. The summed E-state index contributed by atoms with van der Waals surface area (Å²) in [5, 5.41) is 0. The van der Waals surface area contributed by atoms with Gasteiger partial charge in [-0.1, -0.05) is 0 Å². The third kappa shape index (κ3) is 2.82. The van der Waals surface area contributed by atoms with Crippen LogP contribution in [0.1, 0.15) is 25.0 Å². The van der Waals surface area contributed by atoms with Crippen molar-refractivity contribution in [2.75, 3.05) is 25.4 Å². The molecule has 112 valence electrons. The van der Waals surface area contributed by atoms with Crippen LogP contribution < -0.4 is 5.73 Å². The Morgan fingerprint density at radius 2 is 1.95 bits per heavy atom. The molecule has 0 radical (unpaired) electrons. The number of hydrogen-bond donors (Lipinski definition) is 1. The van der Waals surface area contributed by atoms with Crippen LogP contribution in [-0.2, 0) is 14.8 Å². The first-order chi connectivity index (χ1) is 9.13. The number of aryl methyl sites for hydroxylation is 1. The molecular weight excluding hydrogens is 276 g/mol. The molecule has 0 amide bonds. The minimum Gasteiger partial charge on any atom is -0.398 e. The normalized spacial score (nSPS) is 20.0. The molecule has 0 spiro atoms. The molecular formula is C14H22N2O3S. The van der Waals surface area contributed by atoms with Crippen LogP contribution in [0.4, 0.5) is 5.69 Å². The Hall–Kier alpha value is -1.11. The quantitative estimate of drug-likeness (QED) is 0.843. The van der Waals surface area contributed by atoms with Crippen molar-refractivity contribution in [2.24, 2.45) is 0 Å². The number of hydrogen-bond acceptors (Lipinski definition) is 4. The fourth-order valence-corrected chi connectivity index (χ4v) is 4.35. The van der Waals surface area contributed by atoms with Gasteiger partial charge in [-0.25, -0.2) is 8.42 Å². The highest BCUT2D eigenvalue weighted by Gasteiger charge is 2.35. The van der Waals surface area contributed by atoms with Gasteiger partial charge in [0.05, 0.1) is 17.1 Å². The molecule has 1 aromatic rings. The number of nitrogens with two attached hydrogens (primary N) is 1. The third-order valence-electron chi connectivity index (χ3n) is 3.55. The average Bonchev–Trinajstić information content (AvgIpc) is 2.32. The summed E-state index contributed by atoms with van der Waals surface area (Å²) < 4.78 is 32.7. The fraction of sp³-hybridized carbons (Fsp3) is 0.571. The molecule has 1 heterocycles. The van der Waals surface area contributed by atoms with Crippen LogP contribution in [0.15, 0.2) is 17.0 Å². The van der Waals surface area contributed by atoms with Gasteiger partial charge in [0.25, 0.3) is 0 Å². The molecule has 0 atom stereocenters. The highest BCUT2D eigenvalue weighted by Crippen LogP contribution is 2.28. The SMILES string of the molecule is Cc1cc(N)c(C)c(S(=O)(=O)N2CCOC(C)(C)C2)c1. The first-order valence-corrected chi connectivity index (χ1v) is 8.08. The van der Waals surface area contributed by atoms with Crippen molar-refractivity contribution in [3.63, 3.8) is 0 Å². The van der Waals surface area contributed by atoms with Crippen molar-refractivity contribution >= 4 is 15.7 Å². The van der Waals surface area contributed by atoms with E-state index in [9.17, 15) is 8.42 Å². The lowest BCUT2D eigenvalue weighted by Crippen LogP contribution is -2.50. The first-order valence-electron chi connectivity index (χ1n) is 6.64. The van der Waals surface area contributed by atoms with E-state index in [4.69, 9.17) is 10.5 Å². The fourth-order valence-electron chi connectivity index (χ4n) is 2.44. The van der Waals surface area contributed by atoms with Gasteiger partial charge in [0, 0.05) is 18.8 Å². The van der Waals surface area contributed by atoms with Crippen molar-refractivity contribution in [1.82, 2.24) is 4.31 Å². The molecule has 0 aliphatic carbocycles. The van der Waals surface area contributed by atoms with Crippen molar-refractivity contribution in [1.29, 1.82) is 0 Å². The number of benzene rings is 1. The highest BCUT2D eigenvalue weighted by atomic mass is 32.2. The molecule has 0 saturated carbocycles. The van der Waals surface area contributed by atoms with Crippen LogP contribution in [0.25, 0.3) is 0 Å². The molecule has 0 unspecified atom stereocenters. The Balaban J connectivity index is 2.46. The van der Waals surface area contributed by atoms with Crippen molar-refractivity contribution in [3.8, 4) is 0 Å². The van der Waals surface area contributed by atoms with E-state index in [1.165, 1.54) is 4.31 Å². The van der Waals surface area contributed by atoms with E-state index in [0.717, 1.165) is 5.56 Å². The lowest BCUT2D eigenvalue weighted by atomic mass is 10.1. The summed E-state index contributed by atoms with van der Waals surface area (Å²) in [6, 6.07) is 3.47. The summed E-state index contributed by atoms with van der Waals surface area (Å²) in [5.41, 5.74) is 7.40. The second kappa shape index (κ2) is 5.02. The second-order valence-corrected chi connectivity index (χ2v) is 7.83. The van der Waals surface area contributed by atoms with Crippen LogP contribution in [0.2, 0.25) is 0 Å². The van der Waals surface area contributed by atoms with Crippen LogP contribution in [0.5, 0.6) is 0 Å². The molecule has 0 aromatic heterocycles. The number of nitrogen functional groups attached to an aromatic ring is 1. The Kier molecular flexibility index (Phi) is 3.83. The van der Waals surface area contributed by atoms with Gasteiger partial charge in [-0.2, -0.15) is 4.31 Å². The molecule has 1 aromatic carbocycles. The molecule has 1 saturated heterocycles. The highest BCUT2D eigenvalue weighted by molar-refractivity contribution is 7.89. The van der Waals surface area contributed by atoms with Gasteiger partial charge in [0.1, 0.15) is 0 Å². The summed E-state index contributed by atoms with van der Waals surface area (Å²) in [6.45, 7) is 8.51. The van der Waals surface area contributed by atoms with E-state index in [0.29, 0.717) is 35.8 Å². The molecule has 6 heteroatoms. The van der Waals surface area contributed by atoms with Crippen molar-refractivity contribution < 1.29 is 13.2 Å². The predicted octanol–water partition coefficient (Wildman–Crippen LogP) is 1.69. The van der Waals surface area contributed by atoms with Crippen LogP contribution in [0, 0.1) is 13.8 Å². The molecule has 5 nitrogen and oxygen atoms in total. The maximum absolute atomic E-state index is 12.8. The van der Waals surface area contributed by atoms with Gasteiger partial charge >= 0.3 is 0 Å². The lowest BCUT2D eigenvalue weighted by molar-refractivity contribution is -0.0640. The number of anilines is 1. The topological polar surface area (TPSA) is 72.6 Å². The zero-order valence-corrected chi connectivity index (χ0v) is 13.3. The largest absolute Gasteiger partial charge is 0.398 e.